The van der Waals surface area contributed by atoms with Gasteiger partial charge in [0.1, 0.15) is 0 Å². The molecule has 0 amide bonds. The van der Waals surface area contributed by atoms with E-state index < -0.39 is 23.8 Å². The number of aliphatic carboxylic acids is 2. The first kappa shape index (κ1) is 13.6. The van der Waals surface area contributed by atoms with Gasteiger partial charge in [-0.15, -0.1) is 0 Å². The van der Waals surface area contributed by atoms with Crippen molar-refractivity contribution >= 4 is 11.9 Å². The second kappa shape index (κ2) is 5.18. The molecule has 0 spiro atoms. The quantitative estimate of drug-likeness (QED) is 0.551. The van der Waals surface area contributed by atoms with Crippen LogP contribution in [0.5, 0.6) is 0 Å². The molecule has 0 aromatic carbocycles. The van der Waals surface area contributed by atoms with Crippen molar-refractivity contribution in [1.29, 1.82) is 0 Å². The topological polar surface area (TPSA) is 99.7 Å². The van der Waals surface area contributed by atoms with Gasteiger partial charge in [-0.2, -0.15) is 0 Å². The third-order valence-electron chi connectivity index (χ3n) is 4.36. The Hall–Kier alpha value is -1.40. The molecule has 2 aliphatic heterocycles. The molecule has 0 aromatic rings. The summed E-state index contributed by atoms with van der Waals surface area (Å²) >= 11 is 0. The Morgan fingerprint density at radius 3 is 1.50 bits per heavy atom. The minimum atomic E-state index is -1.03. The van der Waals surface area contributed by atoms with Gasteiger partial charge in [0.15, 0.2) is 0 Å². The molecular formula is C14H18O6. The normalized spacial score (nSPS) is 42.2. The monoisotopic (exact) mass is 282 g/mol. The lowest BCUT2D eigenvalue weighted by atomic mass is 9.68. The third-order valence-corrected chi connectivity index (χ3v) is 4.36. The molecule has 0 saturated carbocycles. The molecule has 6 atom stereocenters. The second-order valence-corrected chi connectivity index (χ2v) is 5.82. The van der Waals surface area contributed by atoms with Crippen LogP contribution in [-0.2, 0) is 19.1 Å². The Morgan fingerprint density at radius 1 is 0.900 bits per heavy atom. The fourth-order valence-electron chi connectivity index (χ4n) is 3.20. The van der Waals surface area contributed by atoms with Crippen molar-refractivity contribution in [3.05, 3.63) is 12.2 Å². The van der Waals surface area contributed by atoms with Gasteiger partial charge >= 0.3 is 11.9 Å². The molecule has 6 heteroatoms. The molecule has 6 unspecified atom stereocenters. The van der Waals surface area contributed by atoms with E-state index in [0.29, 0.717) is 26.1 Å². The van der Waals surface area contributed by atoms with Gasteiger partial charge in [-0.3, -0.25) is 9.59 Å². The molecule has 20 heavy (non-hydrogen) atoms. The summed E-state index contributed by atoms with van der Waals surface area (Å²) in [7, 11) is 0. The maximum atomic E-state index is 11.6. The highest BCUT2D eigenvalue weighted by Gasteiger charge is 2.47. The summed E-state index contributed by atoms with van der Waals surface area (Å²) in [5, 5.41) is 18.9. The van der Waals surface area contributed by atoms with Crippen LogP contribution in [0.2, 0.25) is 0 Å². The summed E-state index contributed by atoms with van der Waals surface area (Å²) in [4.78, 5) is 23.1. The van der Waals surface area contributed by atoms with Gasteiger partial charge in [0, 0.05) is 0 Å². The second-order valence-electron chi connectivity index (χ2n) is 5.82. The van der Waals surface area contributed by atoms with Crippen molar-refractivity contribution in [3.63, 3.8) is 0 Å². The van der Waals surface area contributed by atoms with Crippen LogP contribution in [0.25, 0.3) is 0 Å². The summed E-state index contributed by atoms with van der Waals surface area (Å²) in [6.45, 7) is 1.29. The Bertz CT molecular complexity index is 397. The highest BCUT2D eigenvalue weighted by atomic mass is 16.6. The van der Waals surface area contributed by atoms with Gasteiger partial charge < -0.3 is 19.7 Å². The van der Waals surface area contributed by atoms with E-state index in [0.717, 1.165) is 0 Å². The van der Waals surface area contributed by atoms with E-state index in [1.54, 1.807) is 0 Å². The molecule has 3 aliphatic rings. The molecule has 0 aromatic heterocycles. The van der Waals surface area contributed by atoms with Gasteiger partial charge in [0.25, 0.3) is 0 Å². The number of rotatable bonds is 6. The molecule has 2 saturated heterocycles. The molecule has 0 radical (unpaired) electrons. The molecule has 2 heterocycles. The van der Waals surface area contributed by atoms with Crippen molar-refractivity contribution in [2.75, 3.05) is 13.2 Å². The van der Waals surface area contributed by atoms with Gasteiger partial charge in [0.05, 0.1) is 37.3 Å². The van der Waals surface area contributed by atoms with Crippen LogP contribution in [0.15, 0.2) is 12.2 Å². The van der Waals surface area contributed by atoms with Crippen molar-refractivity contribution in [1.82, 2.24) is 0 Å². The number of allylic oxidation sites excluding steroid dienone is 2. The average Bonchev–Trinajstić information content (AvgIpc) is 3.24. The first-order valence-corrected chi connectivity index (χ1v) is 6.93. The Balaban J connectivity index is 1.81. The van der Waals surface area contributed by atoms with Gasteiger partial charge in [-0.05, 0) is 24.7 Å². The van der Waals surface area contributed by atoms with Crippen LogP contribution in [0.4, 0.5) is 0 Å². The van der Waals surface area contributed by atoms with Crippen LogP contribution >= 0.6 is 0 Å². The molecular weight excluding hydrogens is 264 g/mol. The summed E-state index contributed by atoms with van der Waals surface area (Å²) in [5.41, 5.74) is 0. The van der Waals surface area contributed by atoms with Crippen molar-refractivity contribution in [2.24, 2.45) is 23.7 Å². The standard InChI is InChI=1S/C14H18O6/c15-13(16)11-7(3-9-5-19-9)1-2-8(4-10-6-20-10)12(11)14(17)18/h1-2,7-12H,3-6H2,(H,15,16)(H,17,18). The summed E-state index contributed by atoms with van der Waals surface area (Å²) in [5.74, 6) is -4.37. The summed E-state index contributed by atoms with van der Waals surface area (Å²) in [6, 6.07) is 0. The zero-order valence-electron chi connectivity index (χ0n) is 11.0. The smallest absolute Gasteiger partial charge is 0.307 e. The van der Waals surface area contributed by atoms with E-state index in [1.807, 2.05) is 12.2 Å². The lowest BCUT2D eigenvalue weighted by molar-refractivity contribution is -0.158. The fraction of sp³-hybridized carbons (Fsp3) is 0.714. The summed E-state index contributed by atoms with van der Waals surface area (Å²) in [6.07, 6.45) is 5.08. The lowest BCUT2D eigenvalue weighted by Crippen LogP contribution is -2.42. The van der Waals surface area contributed by atoms with Crippen molar-refractivity contribution in [2.45, 2.75) is 25.0 Å². The van der Waals surface area contributed by atoms with Gasteiger partial charge in [-0.25, -0.2) is 0 Å². The zero-order chi connectivity index (χ0) is 14.3. The van der Waals surface area contributed by atoms with E-state index >= 15 is 0 Å². The number of carboxylic acids is 2. The molecule has 0 bridgehead atoms. The number of epoxide rings is 2. The van der Waals surface area contributed by atoms with Crippen LogP contribution < -0.4 is 0 Å². The van der Waals surface area contributed by atoms with Crippen molar-refractivity contribution in [3.8, 4) is 0 Å². The van der Waals surface area contributed by atoms with Crippen LogP contribution in [-0.4, -0.2) is 47.6 Å². The first-order valence-electron chi connectivity index (χ1n) is 6.93. The molecule has 3 rings (SSSR count). The maximum Gasteiger partial charge on any atom is 0.307 e. The van der Waals surface area contributed by atoms with Gasteiger partial charge in [-0.1, -0.05) is 12.2 Å². The molecule has 2 N–H and O–H groups in total. The van der Waals surface area contributed by atoms with E-state index in [1.165, 1.54) is 0 Å². The highest BCUT2D eigenvalue weighted by Crippen LogP contribution is 2.41. The largest absolute Gasteiger partial charge is 0.481 e. The van der Waals surface area contributed by atoms with Crippen molar-refractivity contribution < 1.29 is 29.3 Å². The number of hydrogen-bond acceptors (Lipinski definition) is 4. The van der Waals surface area contributed by atoms with E-state index in [9.17, 15) is 19.8 Å². The number of carboxylic acid groups (broad SMARTS) is 2. The maximum absolute atomic E-state index is 11.6. The Kier molecular flexibility index (Phi) is 3.52. The lowest BCUT2D eigenvalue weighted by Gasteiger charge is -2.34. The molecule has 110 valence electrons. The number of hydrogen-bond donors (Lipinski definition) is 2. The van der Waals surface area contributed by atoms with Crippen LogP contribution in [0.1, 0.15) is 12.8 Å². The van der Waals surface area contributed by atoms with Crippen LogP contribution in [0, 0.1) is 23.7 Å². The Morgan fingerprint density at radius 2 is 1.25 bits per heavy atom. The fourth-order valence-corrected chi connectivity index (χ4v) is 3.20. The third kappa shape index (κ3) is 2.86. The summed E-state index contributed by atoms with van der Waals surface area (Å²) < 4.78 is 10.3. The minimum Gasteiger partial charge on any atom is -0.481 e. The highest BCUT2D eigenvalue weighted by molar-refractivity contribution is 5.81. The molecule has 1 aliphatic carbocycles. The molecule has 6 nitrogen and oxygen atoms in total. The number of ether oxygens (including phenoxy) is 2. The predicted molar refractivity (Wildman–Crippen MR) is 67.1 cm³/mol. The average molecular weight is 282 g/mol. The molecule has 2 fully saturated rings. The minimum absolute atomic E-state index is 0.0873. The van der Waals surface area contributed by atoms with E-state index in [2.05, 4.69) is 0 Å². The SMILES string of the molecule is O=C(O)C1C(CC2CO2)C=CC(CC2CO2)C1C(=O)O. The van der Waals surface area contributed by atoms with E-state index in [4.69, 9.17) is 9.47 Å². The van der Waals surface area contributed by atoms with E-state index in [-0.39, 0.29) is 24.0 Å². The van der Waals surface area contributed by atoms with Crippen LogP contribution in [0.3, 0.4) is 0 Å². The Labute approximate surface area is 116 Å². The first-order chi connectivity index (χ1) is 9.56. The predicted octanol–water partition coefficient (Wildman–Crippen LogP) is 0.768. The number of carbonyl (C=O) groups is 2. The zero-order valence-corrected chi connectivity index (χ0v) is 11.0. The van der Waals surface area contributed by atoms with Gasteiger partial charge in [0.2, 0.25) is 0 Å².